The van der Waals surface area contributed by atoms with Crippen LogP contribution >= 0.6 is 11.6 Å². The van der Waals surface area contributed by atoms with E-state index in [-0.39, 0.29) is 27.6 Å². The number of halogens is 1. The van der Waals surface area contributed by atoms with E-state index in [0.29, 0.717) is 18.1 Å². The van der Waals surface area contributed by atoms with Crippen LogP contribution in [0.15, 0.2) is 47.4 Å². The molecule has 1 amide bonds. The summed E-state index contributed by atoms with van der Waals surface area (Å²) in [5, 5.41) is 0.305. The monoisotopic (exact) mass is 436 g/mol. The lowest BCUT2D eigenvalue weighted by Crippen LogP contribution is -2.36. The molecule has 7 nitrogen and oxygen atoms in total. The molecule has 0 spiro atoms. The Morgan fingerprint density at radius 3 is 2.31 bits per heavy atom. The lowest BCUT2D eigenvalue weighted by Gasteiger charge is -2.27. The van der Waals surface area contributed by atoms with Gasteiger partial charge in [0.25, 0.3) is 15.9 Å². The van der Waals surface area contributed by atoms with Gasteiger partial charge >= 0.3 is 5.97 Å². The highest BCUT2D eigenvalue weighted by Gasteiger charge is 2.24. The van der Waals surface area contributed by atoms with E-state index in [9.17, 15) is 18.0 Å². The third-order valence-corrected chi connectivity index (χ3v) is 6.30. The number of amides is 1. The van der Waals surface area contributed by atoms with Gasteiger partial charge in [-0.3, -0.25) is 9.52 Å². The summed E-state index contributed by atoms with van der Waals surface area (Å²) >= 11 is 6.04. The Morgan fingerprint density at radius 2 is 1.69 bits per heavy atom. The maximum atomic E-state index is 12.9. The first kappa shape index (κ1) is 21.1. The Balaban J connectivity index is 1.89. The predicted octanol–water partition coefficient (Wildman–Crippen LogP) is 3.55. The highest BCUT2D eigenvalue weighted by Crippen LogP contribution is 2.26. The first-order valence-electron chi connectivity index (χ1n) is 9.12. The van der Waals surface area contributed by atoms with Gasteiger partial charge in [-0.15, -0.1) is 0 Å². The number of benzene rings is 2. The van der Waals surface area contributed by atoms with Crippen molar-refractivity contribution >= 4 is 39.2 Å². The molecular weight excluding hydrogens is 416 g/mol. The summed E-state index contributed by atoms with van der Waals surface area (Å²) in [4.78, 5) is 26.1. The molecule has 154 valence electrons. The minimum Gasteiger partial charge on any atom is -0.465 e. The van der Waals surface area contributed by atoms with Crippen LogP contribution < -0.4 is 4.72 Å². The Labute approximate surface area is 174 Å². The van der Waals surface area contributed by atoms with E-state index in [4.69, 9.17) is 11.6 Å². The molecule has 29 heavy (non-hydrogen) atoms. The van der Waals surface area contributed by atoms with Crippen molar-refractivity contribution in [1.29, 1.82) is 0 Å². The van der Waals surface area contributed by atoms with Crippen LogP contribution in [0.25, 0.3) is 0 Å². The highest BCUT2D eigenvalue weighted by molar-refractivity contribution is 7.92. The molecule has 1 N–H and O–H groups in total. The summed E-state index contributed by atoms with van der Waals surface area (Å²) in [6.07, 6.45) is 2.92. The average molecular weight is 437 g/mol. The molecule has 2 aromatic carbocycles. The van der Waals surface area contributed by atoms with Crippen molar-refractivity contribution in [2.24, 2.45) is 0 Å². The van der Waals surface area contributed by atoms with Gasteiger partial charge in [0.05, 0.1) is 28.8 Å². The fourth-order valence-corrected chi connectivity index (χ4v) is 4.39. The van der Waals surface area contributed by atoms with Crippen LogP contribution in [0.3, 0.4) is 0 Å². The fourth-order valence-electron chi connectivity index (χ4n) is 3.15. The van der Waals surface area contributed by atoms with Crippen molar-refractivity contribution in [2.45, 2.75) is 24.2 Å². The summed E-state index contributed by atoms with van der Waals surface area (Å²) in [7, 11) is -2.75. The van der Waals surface area contributed by atoms with E-state index >= 15 is 0 Å². The van der Waals surface area contributed by atoms with Crippen LogP contribution in [0.4, 0.5) is 5.69 Å². The molecule has 0 saturated carbocycles. The van der Waals surface area contributed by atoms with E-state index in [1.807, 2.05) is 0 Å². The van der Waals surface area contributed by atoms with Crippen LogP contribution in [0.5, 0.6) is 0 Å². The minimum atomic E-state index is -4.00. The van der Waals surface area contributed by atoms with Crippen molar-refractivity contribution < 1.29 is 22.7 Å². The molecule has 0 bridgehead atoms. The smallest absolute Gasteiger partial charge is 0.337 e. The van der Waals surface area contributed by atoms with Gasteiger partial charge in [0, 0.05) is 18.1 Å². The second kappa shape index (κ2) is 8.84. The number of sulfonamides is 1. The topological polar surface area (TPSA) is 92.8 Å². The molecule has 1 saturated heterocycles. The standard InChI is InChI=1S/C20H21ClN2O5S/c1-28-20(25)14-5-8-16(9-6-14)29(26,27)22-18-13-15(21)7-10-17(18)19(24)23-11-3-2-4-12-23/h5-10,13,22H,2-4,11-12H2,1H3. The Kier molecular flexibility index (Phi) is 6.44. The molecule has 0 aromatic heterocycles. The molecule has 0 unspecified atom stereocenters. The Morgan fingerprint density at radius 1 is 1.03 bits per heavy atom. The molecule has 1 heterocycles. The molecule has 2 aromatic rings. The van der Waals surface area contributed by atoms with Gasteiger partial charge in [0.15, 0.2) is 0 Å². The summed E-state index contributed by atoms with van der Waals surface area (Å²) in [6.45, 7) is 1.28. The zero-order valence-electron chi connectivity index (χ0n) is 15.9. The summed E-state index contributed by atoms with van der Waals surface area (Å²) in [5.41, 5.74) is 0.589. The number of anilines is 1. The largest absolute Gasteiger partial charge is 0.465 e. The van der Waals surface area contributed by atoms with Crippen molar-refractivity contribution in [3.8, 4) is 0 Å². The third-order valence-electron chi connectivity index (χ3n) is 4.69. The molecule has 0 radical (unpaired) electrons. The van der Waals surface area contributed by atoms with Gasteiger partial charge < -0.3 is 9.64 Å². The SMILES string of the molecule is COC(=O)c1ccc(S(=O)(=O)Nc2cc(Cl)ccc2C(=O)N2CCCCC2)cc1. The fraction of sp³-hybridized carbons (Fsp3) is 0.300. The number of carbonyl (C=O) groups is 2. The first-order chi connectivity index (χ1) is 13.8. The van der Waals surface area contributed by atoms with E-state index in [1.165, 1.54) is 43.5 Å². The van der Waals surface area contributed by atoms with Gasteiger partial charge in [-0.1, -0.05) is 11.6 Å². The molecule has 0 aliphatic carbocycles. The van der Waals surface area contributed by atoms with Gasteiger partial charge in [-0.25, -0.2) is 13.2 Å². The van der Waals surface area contributed by atoms with Crippen molar-refractivity contribution in [1.82, 2.24) is 4.90 Å². The predicted molar refractivity (Wildman–Crippen MR) is 110 cm³/mol. The number of piperidine rings is 1. The molecule has 0 atom stereocenters. The number of carbonyl (C=O) groups excluding carboxylic acids is 2. The first-order valence-corrected chi connectivity index (χ1v) is 11.0. The van der Waals surface area contributed by atoms with E-state index in [1.54, 1.807) is 11.0 Å². The summed E-state index contributed by atoms with van der Waals surface area (Å²) < 4.78 is 32.7. The van der Waals surface area contributed by atoms with Crippen LogP contribution in [-0.2, 0) is 14.8 Å². The highest BCUT2D eigenvalue weighted by atomic mass is 35.5. The molecular formula is C20H21ClN2O5S. The number of hydrogen-bond acceptors (Lipinski definition) is 5. The molecule has 1 fully saturated rings. The Hall–Kier alpha value is -2.58. The number of rotatable bonds is 5. The Bertz CT molecular complexity index is 1020. The van der Waals surface area contributed by atoms with Crippen molar-refractivity contribution in [2.75, 3.05) is 24.9 Å². The van der Waals surface area contributed by atoms with Gasteiger partial charge in [0.1, 0.15) is 0 Å². The van der Waals surface area contributed by atoms with Crippen LogP contribution in [0.2, 0.25) is 5.02 Å². The average Bonchev–Trinajstić information content (AvgIpc) is 2.73. The van der Waals surface area contributed by atoms with Crippen LogP contribution in [-0.4, -0.2) is 45.4 Å². The summed E-state index contributed by atoms with van der Waals surface area (Å²) in [6, 6.07) is 9.81. The van der Waals surface area contributed by atoms with E-state index in [2.05, 4.69) is 9.46 Å². The quantitative estimate of drug-likeness (QED) is 0.723. The number of likely N-dealkylation sites (tertiary alicyclic amines) is 1. The van der Waals surface area contributed by atoms with Crippen LogP contribution in [0.1, 0.15) is 40.0 Å². The maximum absolute atomic E-state index is 12.9. The molecule has 9 heteroatoms. The van der Waals surface area contributed by atoms with E-state index in [0.717, 1.165) is 19.3 Å². The summed E-state index contributed by atoms with van der Waals surface area (Å²) in [5.74, 6) is -0.800. The second-order valence-electron chi connectivity index (χ2n) is 6.66. The molecule has 1 aliphatic rings. The number of nitrogens with one attached hydrogen (secondary N) is 1. The lowest BCUT2D eigenvalue weighted by molar-refractivity contribution is 0.0600. The van der Waals surface area contributed by atoms with Gasteiger partial charge in [-0.05, 0) is 61.7 Å². The number of nitrogens with zero attached hydrogens (tertiary/aromatic N) is 1. The number of methoxy groups -OCH3 is 1. The van der Waals surface area contributed by atoms with Crippen molar-refractivity contribution in [3.63, 3.8) is 0 Å². The number of esters is 1. The molecule has 3 rings (SSSR count). The lowest BCUT2D eigenvalue weighted by atomic mass is 10.1. The zero-order valence-corrected chi connectivity index (χ0v) is 17.4. The second-order valence-corrected chi connectivity index (χ2v) is 8.78. The minimum absolute atomic E-state index is 0.0542. The number of ether oxygens (including phenoxy) is 1. The molecule has 1 aliphatic heterocycles. The van der Waals surface area contributed by atoms with Gasteiger partial charge in [-0.2, -0.15) is 0 Å². The maximum Gasteiger partial charge on any atom is 0.337 e. The normalized spacial score (nSPS) is 14.3. The zero-order chi connectivity index (χ0) is 21.0. The van der Waals surface area contributed by atoms with E-state index < -0.39 is 16.0 Å². The van der Waals surface area contributed by atoms with Crippen LogP contribution in [0, 0.1) is 0 Å². The number of hydrogen-bond donors (Lipinski definition) is 1. The van der Waals surface area contributed by atoms with Gasteiger partial charge in [0.2, 0.25) is 0 Å². The third kappa shape index (κ3) is 4.89. The van der Waals surface area contributed by atoms with Crippen molar-refractivity contribution in [3.05, 3.63) is 58.6 Å².